The molecule has 2 aliphatic carbocycles. The van der Waals surface area contributed by atoms with Crippen LogP contribution in [0.1, 0.15) is 59.3 Å². The summed E-state index contributed by atoms with van der Waals surface area (Å²) in [6.45, 7) is 7.41. The molecule has 1 atom stereocenters. The average molecular weight is 258 g/mol. The van der Waals surface area contributed by atoms with Gasteiger partial charge in [-0.05, 0) is 71.4 Å². The molecule has 2 nitrogen and oxygen atoms in total. The van der Waals surface area contributed by atoms with Gasteiger partial charge >= 0.3 is 0 Å². The molecule has 0 saturated heterocycles. The zero-order chi connectivity index (χ0) is 13.7. The molecule has 0 radical (unpaired) electrons. The molecule has 19 heavy (non-hydrogen) atoms. The van der Waals surface area contributed by atoms with Crippen LogP contribution in [0.2, 0.25) is 0 Å². The van der Waals surface area contributed by atoms with Crippen LogP contribution in [0.5, 0.6) is 0 Å². The number of hydrogen-bond acceptors (Lipinski definition) is 2. The molecule has 0 aromatic heterocycles. The lowest BCUT2D eigenvalue weighted by atomic mass is 9.99. The molecule has 2 aliphatic rings. The second-order valence-electron chi connectivity index (χ2n) is 5.99. The van der Waals surface area contributed by atoms with Crippen LogP contribution in [0.25, 0.3) is 0 Å². The predicted octanol–water partition coefficient (Wildman–Crippen LogP) is 4.52. The van der Waals surface area contributed by atoms with Gasteiger partial charge in [-0.15, -0.1) is 0 Å². The van der Waals surface area contributed by atoms with Crippen molar-refractivity contribution in [1.29, 1.82) is 0 Å². The molecule has 2 heteroatoms. The second kappa shape index (κ2) is 6.83. The third kappa shape index (κ3) is 4.77. The molecule has 0 spiro atoms. The summed E-state index contributed by atoms with van der Waals surface area (Å²) >= 11 is 0. The Labute approximate surface area is 117 Å². The highest BCUT2D eigenvalue weighted by atomic mass is 14.9. The minimum atomic E-state index is 0.306. The van der Waals surface area contributed by atoms with Gasteiger partial charge in [-0.1, -0.05) is 11.1 Å². The molecule has 0 aromatic carbocycles. The van der Waals surface area contributed by atoms with Crippen molar-refractivity contribution in [2.75, 3.05) is 6.54 Å². The maximum atomic E-state index is 4.80. The summed E-state index contributed by atoms with van der Waals surface area (Å²) in [5, 5.41) is 0. The van der Waals surface area contributed by atoms with Crippen LogP contribution in [0.15, 0.2) is 33.3 Å². The van der Waals surface area contributed by atoms with Gasteiger partial charge in [0.15, 0.2) is 0 Å². The minimum absolute atomic E-state index is 0.306. The van der Waals surface area contributed by atoms with E-state index in [4.69, 9.17) is 9.98 Å². The van der Waals surface area contributed by atoms with Crippen LogP contribution in [0, 0.1) is 0 Å². The Hall–Kier alpha value is -1.18. The zero-order valence-electron chi connectivity index (χ0n) is 12.6. The average Bonchev–Trinajstić information content (AvgIpc) is 2.36. The summed E-state index contributed by atoms with van der Waals surface area (Å²) in [6.07, 6.45) is 11.8. The maximum absolute atomic E-state index is 4.80. The first-order chi connectivity index (χ1) is 9.13. The summed E-state index contributed by atoms with van der Waals surface area (Å²) in [7, 11) is 0. The van der Waals surface area contributed by atoms with E-state index >= 15 is 0 Å². The van der Waals surface area contributed by atoms with Crippen LogP contribution < -0.4 is 0 Å². The van der Waals surface area contributed by atoms with Gasteiger partial charge in [-0.25, -0.2) is 0 Å². The molecule has 0 amide bonds. The van der Waals surface area contributed by atoms with Gasteiger partial charge in [0, 0.05) is 11.4 Å². The first-order valence-corrected chi connectivity index (χ1v) is 7.58. The van der Waals surface area contributed by atoms with Gasteiger partial charge in [0.25, 0.3) is 0 Å². The number of aliphatic imine (C=N–C) groups is 2. The largest absolute Gasteiger partial charge is 0.288 e. The van der Waals surface area contributed by atoms with Crippen LogP contribution >= 0.6 is 0 Å². The standard InChI is InChI=1S/C17H26N2/c1-13-6-4-8-16(10-13)18-12-15(3)19-17-9-5-7-14(2)11-17/h10-11,15H,4-9,12H2,1-3H3. The van der Waals surface area contributed by atoms with E-state index in [1.165, 1.54) is 48.3 Å². The smallest absolute Gasteiger partial charge is 0.0669 e. The molecule has 1 unspecified atom stereocenters. The number of rotatable bonds is 3. The molecule has 0 saturated carbocycles. The number of nitrogens with zero attached hydrogens (tertiary/aromatic N) is 2. The van der Waals surface area contributed by atoms with Crippen molar-refractivity contribution >= 4 is 11.4 Å². The van der Waals surface area contributed by atoms with Gasteiger partial charge in [-0.3, -0.25) is 9.98 Å². The topological polar surface area (TPSA) is 24.7 Å². The zero-order valence-corrected chi connectivity index (χ0v) is 12.6. The van der Waals surface area contributed by atoms with E-state index in [-0.39, 0.29) is 0 Å². The Balaban J connectivity index is 1.93. The molecular weight excluding hydrogens is 232 g/mol. The van der Waals surface area contributed by atoms with Crippen LogP contribution in [-0.4, -0.2) is 24.0 Å². The minimum Gasteiger partial charge on any atom is -0.288 e. The van der Waals surface area contributed by atoms with Crippen LogP contribution in [-0.2, 0) is 0 Å². The normalized spacial score (nSPS) is 26.3. The Bertz CT molecular complexity index is 438. The summed E-state index contributed by atoms with van der Waals surface area (Å²) in [5.41, 5.74) is 5.47. The van der Waals surface area contributed by atoms with Crippen molar-refractivity contribution in [2.45, 2.75) is 65.3 Å². The molecule has 0 aliphatic heterocycles. The predicted molar refractivity (Wildman–Crippen MR) is 84.4 cm³/mol. The SMILES string of the molecule is CC1=CC(=NCC(C)N=C2C=C(C)CCC2)CCC1. The molecule has 2 rings (SSSR count). The lowest BCUT2D eigenvalue weighted by Crippen LogP contribution is -2.12. The summed E-state index contributed by atoms with van der Waals surface area (Å²) in [6, 6.07) is 0.306. The van der Waals surface area contributed by atoms with Crippen molar-refractivity contribution in [1.82, 2.24) is 0 Å². The lowest BCUT2D eigenvalue weighted by molar-refractivity contribution is 0.737. The quantitative estimate of drug-likeness (QED) is 0.711. The van der Waals surface area contributed by atoms with E-state index < -0.39 is 0 Å². The fraction of sp³-hybridized carbons (Fsp3) is 0.647. The highest BCUT2D eigenvalue weighted by Gasteiger charge is 2.08. The maximum Gasteiger partial charge on any atom is 0.0669 e. The summed E-state index contributed by atoms with van der Waals surface area (Å²) in [4.78, 5) is 9.53. The van der Waals surface area contributed by atoms with E-state index in [1.807, 2.05) is 0 Å². The monoisotopic (exact) mass is 258 g/mol. The van der Waals surface area contributed by atoms with Crippen molar-refractivity contribution in [3.8, 4) is 0 Å². The first-order valence-electron chi connectivity index (χ1n) is 7.58. The van der Waals surface area contributed by atoms with Gasteiger partial charge in [0.1, 0.15) is 0 Å². The summed E-state index contributed by atoms with van der Waals surface area (Å²) < 4.78 is 0. The lowest BCUT2D eigenvalue weighted by Gasteiger charge is -2.14. The molecule has 0 heterocycles. The van der Waals surface area contributed by atoms with E-state index in [2.05, 4.69) is 32.9 Å². The van der Waals surface area contributed by atoms with Gasteiger partial charge in [-0.2, -0.15) is 0 Å². The molecule has 0 bridgehead atoms. The highest BCUT2D eigenvalue weighted by Crippen LogP contribution is 2.17. The van der Waals surface area contributed by atoms with Gasteiger partial charge < -0.3 is 0 Å². The van der Waals surface area contributed by atoms with E-state index in [0.29, 0.717) is 6.04 Å². The van der Waals surface area contributed by atoms with Crippen molar-refractivity contribution in [2.24, 2.45) is 9.98 Å². The van der Waals surface area contributed by atoms with E-state index in [1.54, 1.807) is 0 Å². The van der Waals surface area contributed by atoms with Gasteiger partial charge in [0.2, 0.25) is 0 Å². The van der Waals surface area contributed by atoms with E-state index in [9.17, 15) is 0 Å². The Morgan fingerprint density at radius 3 is 2.16 bits per heavy atom. The fourth-order valence-electron chi connectivity index (χ4n) is 2.75. The van der Waals surface area contributed by atoms with Crippen molar-refractivity contribution in [3.05, 3.63) is 23.3 Å². The molecule has 104 valence electrons. The van der Waals surface area contributed by atoms with Crippen LogP contribution in [0.3, 0.4) is 0 Å². The third-order valence-electron chi connectivity index (χ3n) is 3.78. The van der Waals surface area contributed by atoms with Crippen LogP contribution in [0.4, 0.5) is 0 Å². The van der Waals surface area contributed by atoms with Crippen molar-refractivity contribution < 1.29 is 0 Å². The molecular formula is C17H26N2. The molecule has 0 fully saturated rings. The number of hydrogen-bond donors (Lipinski definition) is 0. The Morgan fingerprint density at radius 2 is 1.53 bits per heavy atom. The third-order valence-corrected chi connectivity index (χ3v) is 3.78. The second-order valence-corrected chi connectivity index (χ2v) is 5.99. The molecule has 0 aromatic rings. The Kier molecular flexibility index (Phi) is 5.12. The van der Waals surface area contributed by atoms with Gasteiger partial charge in [0.05, 0.1) is 12.6 Å². The fourth-order valence-corrected chi connectivity index (χ4v) is 2.75. The molecule has 0 N–H and O–H groups in total. The number of allylic oxidation sites excluding steroid dienone is 4. The van der Waals surface area contributed by atoms with E-state index in [0.717, 1.165) is 19.4 Å². The highest BCUT2D eigenvalue weighted by molar-refractivity contribution is 5.97. The van der Waals surface area contributed by atoms with Crippen molar-refractivity contribution in [3.63, 3.8) is 0 Å². The first kappa shape index (κ1) is 14.2. The Morgan fingerprint density at radius 1 is 0.947 bits per heavy atom. The summed E-state index contributed by atoms with van der Waals surface area (Å²) in [5.74, 6) is 0.